The Labute approximate surface area is 204 Å². The zero-order valence-corrected chi connectivity index (χ0v) is 20.7. The second-order valence-electron chi connectivity index (χ2n) is 11.3. The fourth-order valence-electron chi connectivity index (χ4n) is 7.82. The summed E-state index contributed by atoms with van der Waals surface area (Å²) in [7, 11) is 3.28. The summed E-state index contributed by atoms with van der Waals surface area (Å²) >= 11 is 0. The number of rotatable bonds is 2. The summed E-state index contributed by atoms with van der Waals surface area (Å²) in [5.41, 5.74) is 0.255. The summed E-state index contributed by atoms with van der Waals surface area (Å²) in [4.78, 5) is 32.7. The fourth-order valence-corrected chi connectivity index (χ4v) is 7.82. The van der Waals surface area contributed by atoms with E-state index < -0.39 is 23.3 Å². The van der Waals surface area contributed by atoms with E-state index in [2.05, 4.69) is 6.92 Å². The normalized spacial score (nSPS) is 45.8. The number of nitrogens with zero attached hydrogens (tertiary/aromatic N) is 1. The maximum atomic E-state index is 13.8. The van der Waals surface area contributed by atoms with Crippen molar-refractivity contribution in [3.63, 3.8) is 0 Å². The first-order valence-corrected chi connectivity index (χ1v) is 12.8. The van der Waals surface area contributed by atoms with Gasteiger partial charge >= 0.3 is 5.97 Å². The molecule has 6 aliphatic heterocycles. The van der Waals surface area contributed by atoms with Gasteiger partial charge in [0.25, 0.3) is 0 Å². The van der Waals surface area contributed by atoms with E-state index in [0.717, 1.165) is 31.2 Å². The molecule has 2 bridgehead atoms. The van der Waals surface area contributed by atoms with Crippen molar-refractivity contribution in [1.82, 2.24) is 5.06 Å². The quantitative estimate of drug-likeness (QED) is 0.460. The van der Waals surface area contributed by atoms with Crippen molar-refractivity contribution in [2.75, 3.05) is 20.8 Å². The summed E-state index contributed by atoms with van der Waals surface area (Å²) in [5, 5.41) is 1.96. The highest BCUT2D eigenvalue weighted by Gasteiger charge is 2.77. The average Bonchev–Trinajstić information content (AvgIpc) is 3.11. The van der Waals surface area contributed by atoms with E-state index in [0.29, 0.717) is 36.8 Å². The van der Waals surface area contributed by atoms with Crippen LogP contribution < -0.4 is 9.47 Å². The van der Waals surface area contributed by atoms with Gasteiger partial charge in [-0.3, -0.25) is 4.84 Å². The van der Waals surface area contributed by atoms with Crippen LogP contribution in [0, 0.1) is 17.8 Å². The molecule has 8 rings (SSSR count). The lowest BCUT2D eigenvalue weighted by atomic mass is 9.56. The fraction of sp³-hybridized carbons (Fsp3) is 0.731. The van der Waals surface area contributed by atoms with Crippen LogP contribution in [0.4, 0.5) is 0 Å². The van der Waals surface area contributed by atoms with Crippen LogP contribution in [0.25, 0.3) is 0 Å². The molecule has 0 N–H and O–H groups in total. The number of carbonyl (C=O) groups is 1. The summed E-state index contributed by atoms with van der Waals surface area (Å²) < 4.78 is 23.5. The molecule has 0 amide bonds. The number of benzene rings is 1. The Hall–Kier alpha value is -1.91. The van der Waals surface area contributed by atoms with Gasteiger partial charge in [0.05, 0.1) is 20.3 Å². The molecular formula is C26H33NO8. The van der Waals surface area contributed by atoms with Crippen molar-refractivity contribution in [3.8, 4) is 11.5 Å². The van der Waals surface area contributed by atoms with E-state index in [1.165, 1.54) is 5.56 Å². The molecule has 0 unspecified atom stereocenters. The maximum absolute atomic E-state index is 13.8. The van der Waals surface area contributed by atoms with E-state index in [9.17, 15) is 4.79 Å². The van der Waals surface area contributed by atoms with Crippen molar-refractivity contribution in [2.24, 2.45) is 17.8 Å². The largest absolute Gasteiger partial charge is 0.493 e. The summed E-state index contributed by atoms with van der Waals surface area (Å²) in [5.74, 6) is 0.427. The Morgan fingerprint density at radius 2 is 1.89 bits per heavy atom. The molecule has 7 aliphatic rings. The number of hydrogen-bond acceptors (Lipinski definition) is 9. The number of fused-ring (bicyclic) bond motifs is 6. The van der Waals surface area contributed by atoms with E-state index in [1.807, 2.05) is 24.1 Å². The van der Waals surface area contributed by atoms with Gasteiger partial charge < -0.3 is 18.9 Å². The molecule has 0 aromatic heterocycles. The zero-order chi connectivity index (χ0) is 24.2. The van der Waals surface area contributed by atoms with E-state index >= 15 is 0 Å². The number of hydroxylamine groups is 2. The minimum Gasteiger partial charge on any atom is -0.493 e. The third-order valence-corrected chi connectivity index (χ3v) is 9.57. The van der Waals surface area contributed by atoms with Crippen LogP contribution in [0.2, 0.25) is 0 Å². The maximum Gasteiger partial charge on any atom is 0.343 e. The van der Waals surface area contributed by atoms with Crippen molar-refractivity contribution in [2.45, 2.75) is 81.7 Å². The molecule has 190 valence electrons. The van der Waals surface area contributed by atoms with Gasteiger partial charge in [-0.2, -0.15) is 5.06 Å². The monoisotopic (exact) mass is 487 g/mol. The highest BCUT2D eigenvalue weighted by Crippen LogP contribution is 2.64. The summed E-state index contributed by atoms with van der Waals surface area (Å²) in [6, 6.07) is 3.97. The minimum atomic E-state index is -1.15. The topological polar surface area (TPSA) is 84.9 Å². The summed E-state index contributed by atoms with van der Waals surface area (Å²) in [6.07, 6.45) is 3.84. The van der Waals surface area contributed by atoms with Gasteiger partial charge in [0.2, 0.25) is 12.1 Å². The molecule has 1 aromatic rings. The number of hydrogen-bond donors (Lipinski definition) is 0. The van der Waals surface area contributed by atoms with Crippen LogP contribution in [0.3, 0.4) is 0 Å². The van der Waals surface area contributed by atoms with E-state index in [4.69, 9.17) is 33.6 Å². The predicted octanol–water partition coefficient (Wildman–Crippen LogP) is 3.45. The van der Waals surface area contributed by atoms with E-state index in [1.54, 1.807) is 14.2 Å². The van der Waals surface area contributed by atoms with Crippen LogP contribution in [0.15, 0.2) is 12.1 Å². The third-order valence-electron chi connectivity index (χ3n) is 9.57. The Balaban J connectivity index is 1.31. The van der Waals surface area contributed by atoms with Gasteiger partial charge in [-0.05, 0) is 61.8 Å². The first kappa shape index (κ1) is 22.3. The van der Waals surface area contributed by atoms with Gasteiger partial charge in [0, 0.05) is 31.2 Å². The van der Waals surface area contributed by atoms with E-state index in [-0.39, 0.29) is 23.8 Å². The van der Waals surface area contributed by atoms with Crippen molar-refractivity contribution in [1.29, 1.82) is 0 Å². The van der Waals surface area contributed by atoms with Gasteiger partial charge in [-0.1, -0.05) is 6.92 Å². The lowest BCUT2D eigenvalue weighted by molar-refractivity contribution is -0.564. The van der Waals surface area contributed by atoms with Gasteiger partial charge in [-0.25, -0.2) is 14.6 Å². The first-order chi connectivity index (χ1) is 16.8. The molecule has 1 aliphatic carbocycles. The molecule has 9 nitrogen and oxygen atoms in total. The Kier molecular flexibility index (Phi) is 4.66. The van der Waals surface area contributed by atoms with Crippen LogP contribution in [0.5, 0.6) is 11.5 Å². The molecule has 6 heterocycles. The van der Waals surface area contributed by atoms with Gasteiger partial charge in [0.1, 0.15) is 0 Å². The highest BCUT2D eigenvalue weighted by molar-refractivity contribution is 5.82. The summed E-state index contributed by atoms with van der Waals surface area (Å²) in [6.45, 7) is 4.80. The van der Waals surface area contributed by atoms with Crippen LogP contribution in [0.1, 0.15) is 63.1 Å². The predicted molar refractivity (Wildman–Crippen MR) is 120 cm³/mol. The van der Waals surface area contributed by atoms with Crippen LogP contribution in [-0.4, -0.2) is 55.1 Å². The minimum absolute atomic E-state index is 0.0988. The Bertz CT molecular complexity index is 1080. The number of ether oxygens (including phenoxy) is 4. The van der Waals surface area contributed by atoms with Crippen LogP contribution >= 0.6 is 0 Å². The number of methoxy groups -OCH3 is 2. The van der Waals surface area contributed by atoms with Crippen molar-refractivity contribution < 1.29 is 38.4 Å². The highest BCUT2D eigenvalue weighted by atomic mass is 17.3. The number of carbonyl (C=O) groups excluding carboxylic acids is 1. The molecule has 2 spiro atoms. The molecular weight excluding hydrogens is 454 g/mol. The lowest BCUT2D eigenvalue weighted by Gasteiger charge is -2.60. The molecule has 5 saturated heterocycles. The second-order valence-corrected chi connectivity index (χ2v) is 11.3. The lowest BCUT2D eigenvalue weighted by Crippen LogP contribution is -2.75. The van der Waals surface area contributed by atoms with Crippen molar-refractivity contribution >= 4 is 5.97 Å². The van der Waals surface area contributed by atoms with Crippen LogP contribution in [-0.2, 0) is 35.3 Å². The van der Waals surface area contributed by atoms with Crippen molar-refractivity contribution in [3.05, 3.63) is 23.3 Å². The molecule has 0 radical (unpaired) electrons. The standard InChI is InChI=1S/C26H33NO8/c1-14-5-6-21-25(22(28)31-23-26(21)17(14)7-9-24(2,32-23)34-35-26)13-18-16-12-20(30-4)19(29-3)11-15(16)8-10-27(18)33-25/h11-12,14,17-18,21,23H,5-10,13H2,1-4H3/t14-,17+,18+,21+,23-,24-,25-,26-/m1/s1. The van der Waals surface area contributed by atoms with Gasteiger partial charge in [0.15, 0.2) is 22.7 Å². The average molecular weight is 488 g/mol. The molecule has 6 fully saturated rings. The third kappa shape index (κ3) is 2.79. The molecule has 35 heavy (non-hydrogen) atoms. The second kappa shape index (κ2) is 7.32. The molecule has 8 atom stereocenters. The van der Waals surface area contributed by atoms with Gasteiger partial charge in [-0.15, -0.1) is 0 Å². The SMILES string of the molecule is COc1cc2c(cc1OC)[C@@H]1C[C@]3(ON1CC2)C(=O)O[C@@H]1O[C@@]2(C)CC[C@H]4[C@H](C)CC[C@@H]3[C@@]14OO2. The zero-order valence-electron chi connectivity index (χ0n) is 20.7. The molecule has 1 aromatic carbocycles. The Morgan fingerprint density at radius 1 is 1.09 bits per heavy atom. The number of esters is 1. The molecule has 9 heteroatoms. The Morgan fingerprint density at radius 3 is 2.69 bits per heavy atom. The smallest absolute Gasteiger partial charge is 0.343 e. The molecule has 1 saturated carbocycles. The first-order valence-electron chi connectivity index (χ1n) is 12.8.